The fourth-order valence-electron chi connectivity index (χ4n) is 3.04. The van der Waals surface area contributed by atoms with Crippen molar-refractivity contribution >= 4 is 11.6 Å². The van der Waals surface area contributed by atoms with Crippen molar-refractivity contribution in [1.82, 2.24) is 4.90 Å². The van der Waals surface area contributed by atoms with E-state index in [1.165, 1.54) is 0 Å². The van der Waals surface area contributed by atoms with Gasteiger partial charge in [0.05, 0.1) is 26.5 Å². The van der Waals surface area contributed by atoms with Gasteiger partial charge in [0, 0.05) is 18.2 Å². The van der Waals surface area contributed by atoms with Crippen molar-refractivity contribution in [3.63, 3.8) is 0 Å². The summed E-state index contributed by atoms with van der Waals surface area (Å²) in [7, 11) is 5.12. The molecule has 1 amide bonds. The van der Waals surface area contributed by atoms with Gasteiger partial charge in [0.15, 0.2) is 5.75 Å². The minimum absolute atomic E-state index is 0.130. The van der Waals surface area contributed by atoms with Gasteiger partial charge >= 0.3 is 0 Å². The molecule has 0 aliphatic rings. The monoisotopic (exact) mass is 436 g/mol. The van der Waals surface area contributed by atoms with E-state index in [1.54, 1.807) is 14.2 Å². The SMILES string of the molecule is CC.COc1ccc(CN(C)CC(=O)Nc2ccccc2Oc2ccccc2)c(OC)c1. The molecule has 0 aliphatic carbocycles. The highest BCUT2D eigenvalue weighted by molar-refractivity contribution is 5.93. The van der Waals surface area contributed by atoms with Crippen molar-refractivity contribution < 1.29 is 19.0 Å². The minimum atomic E-state index is -0.130. The van der Waals surface area contributed by atoms with Gasteiger partial charge in [-0.1, -0.05) is 50.2 Å². The number of anilines is 1. The summed E-state index contributed by atoms with van der Waals surface area (Å²) in [5, 5.41) is 2.94. The van der Waals surface area contributed by atoms with Crippen LogP contribution in [0.2, 0.25) is 0 Å². The molecule has 0 aliphatic heterocycles. The summed E-state index contributed by atoms with van der Waals surface area (Å²) in [6.07, 6.45) is 0. The number of methoxy groups -OCH3 is 2. The fraction of sp³-hybridized carbons (Fsp3) is 0.269. The number of hydrogen-bond donors (Lipinski definition) is 1. The number of ether oxygens (including phenoxy) is 3. The third kappa shape index (κ3) is 7.32. The Morgan fingerprint density at radius 3 is 2.22 bits per heavy atom. The molecular formula is C26H32N2O4. The highest BCUT2D eigenvalue weighted by Gasteiger charge is 2.13. The van der Waals surface area contributed by atoms with E-state index in [1.807, 2.05) is 98.6 Å². The van der Waals surface area contributed by atoms with Crippen LogP contribution in [-0.2, 0) is 11.3 Å². The van der Waals surface area contributed by atoms with E-state index in [2.05, 4.69) is 5.32 Å². The molecule has 0 radical (unpaired) electrons. The second kappa shape index (κ2) is 13.0. The molecule has 0 fully saturated rings. The number of nitrogens with zero attached hydrogens (tertiary/aromatic N) is 1. The van der Waals surface area contributed by atoms with Crippen molar-refractivity contribution in [2.75, 3.05) is 33.1 Å². The quantitative estimate of drug-likeness (QED) is 0.474. The number of carbonyl (C=O) groups is 1. The van der Waals surface area contributed by atoms with Crippen molar-refractivity contribution in [3.8, 4) is 23.0 Å². The van der Waals surface area contributed by atoms with Crippen LogP contribution in [0.25, 0.3) is 0 Å². The summed E-state index contributed by atoms with van der Waals surface area (Å²) in [5.74, 6) is 2.63. The number of benzene rings is 3. The topological polar surface area (TPSA) is 60.0 Å². The first-order valence-electron chi connectivity index (χ1n) is 10.6. The summed E-state index contributed by atoms with van der Waals surface area (Å²) in [4.78, 5) is 14.5. The van der Waals surface area contributed by atoms with Gasteiger partial charge in [0.2, 0.25) is 5.91 Å². The Morgan fingerprint density at radius 2 is 1.53 bits per heavy atom. The van der Waals surface area contributed by atoms with E-state index in [-0.39, 0.29) is 12.5 Å². The second-order valence-corrected chi connectivity index (χ2v) is 6.81. The maximum Gasteiger partial charge on any atom is 0.238 e. The molecule has 0 bridgehead atoms. The van der Waals surface area contributed by atoms with Gasteiger partial charge in [-0.3, -0.25) is 9.69 Å². The maximum atomic E-state index is 12.6. The number of para-hydroxylation sites is 3. The van der Waals surface area contributed by atoms with E-state index in [4.69, 9.17) is 14.2 Å². The number of hydrogen-bond acceptors (Lipinski definition) is 5. The van der Waals surface area contributed by atoms with E-state index >= 15 is 0 Å². The van der Waals surface area contributed by atoms with Gasteiger partial charge < -0.3 is 19.5 Å². The minimum Gasteiger partial charge on any atom is -0.497 e. The standard InChI is InChI=1S/C24H26N2O4.C2H6/c1-26(16-18-13-14-20(28-2)15-23(18)29-3)17-24(27)25-21-11-7-8-12-22(21)30-19-9-5-4-6-10-19;1-2/h4-15H,16-17H2,1-3H3,(H,25,27);1-2H3. The molecule has 32 heavy (non-hydrogen) atoms. The average Bonchev–Trinajstić information content (AvgIpc) is 2.82. The lowest BCUT2D eigenvalue weighted by molar-refractivity contribution is -0.117. The van der Waals surface area contributed by atoms with Crippen LogP contribution in [-0.4, -0.2) is 38.6 Å². The Morgan fingerprint density at radius 1 is 0.844 bits per heavy atom. The van der Waals surface area contributed by atoms with Crippen molar-refractivity contribution in [2.45, 2.75) is 20.4 Å². The third-order valence-corrected chi connectivity index (χ3v) is 4.48. The number of carbonyl (C=O) groups excluding carboxylic acids is 1. The summed E-state index contributed by atoms with van der Waals surface area (Å²) in [6, 6.07) is 22.5. The molecule has 0 saturated carbocycles. The van der Waals surface area contributed by atoms with Crippen LogP contribution in [0.5, 0.6) is 23.0 Å². The predicted molar refractivity (Wildman–Crippen MR) is 129 cm³/mol. The molecule has 6 heteroatoms. The summed E-state index contributed by atoms with van der Waals surface area (Å²) in [5.41, 5.74) is 1.60. The zero-order valence-corrected chi connectivity index (χ0v) is 19.4. The van der Waals surface area contributed by atoms with Crippen LogP contribution in [0.15, 0.2) is 72.8 Å². The smallest absolute Gasteiger partial charge is 0.238 e. The van der Waals surface area contributed by atoms with Crippen molar-refractivity contribution in [2.24, 2.45) is 0 Å². The Balaban J connectivity index is 0.00000176. The number of rotatable bonds is 9. The molecule has 1 N–H and O–H groups in total. The number of amides is 1. The normalized spacial score (nSPS) is 10.1. The molecule has 0 spiro atoms. The Bertz CT molecular complexity index is 977. The van der Waals surface area contributed by atoms with Gasteiger partial charge in [-0.2, -0.15) is 0 Å². The fourth-order valence-corrected chi connectivity index (χ4v) is 3.04. The lowest BCUT2D eigenvalue weighted by atomic mass is 10.2. The first kappa shape index (κ1) is 24.8. The molecule has 170 valence electrons. The lowest BCUT2D eigenvalue weighted by Crippen LogP contribution is -2.30. The Hall–Kier alpha value is -3.51. The second-order valence-electron chi connectivity index (χ2n) is 6.81. The lowest BCUT2D eigenvalue weighted by Gasteiger charge is -2.19. The predicted octanol–water partition coefficient (Wildman–Crippen LogP) is 5.59. The Labute approximate surface area is 190 Å². The van der Waals surface area contributed by atoms with E-state index in [9.17, 15) is 4.79 Å². The molecule has 3 rings (SSSR count). The highest BCUT2D eigenvalue weighted by atomic mass is 16.5. The molecule has 0 aromatic heterocycles. The zero-order valence-electron chi connectivity index (χ0n) is 19.4. The highest BCUT2D eigenvalue weighted by Crippen LogP contribution is 2.29. The molecule has 3 aromatic carbocycles. The maximum absolute atomic E-state index is 12.6. The zero-order chi connectivity index (χ0) is 23.3. The van der Waals surface area contributed by atoms with E-state index < -0.39 is 0 Å². The van der Waals surface area contributed by atoms with Crippen LogP contribution in [0.1, 0.15) is 19.4 Å². The van der Waals surface area contributed by atoms with Crippen LogP contribution in [0.4, 0.5) is 5.69 Å². The van der Waals surface area contributed by atoms with Crippen LogP contribution < -0.4 is 19.5 Å². The van der Waals surface area contributed by atoms with Crippen LogP contribution >= 0.6 is 0 Å². The van der Waals surface area contributed by atoms with Crippen LogP contribution in [0, 0.1) is 0 Å². The molecule has 0 saturated heterocycles. The molecule has 3 aromatic rings. The van der Waals surface area contributed by atoms with Crippen molar-refractivity contribution in [1.29, 1.82) is 0 Å². The van der Waals surface area contributed by atoms with Gasteiger partial charge in [-0.15, -0.1) is 0 Å². The summed E-state index contributed by atoms with van der Waals surface area (Å²) >= 11 is 0. The largest absolute Gasteiger partial charge is 0.497 e. The van der Waals surface area contributed by atoms with Gasteiger partial charge in [0.1, 0.15) is 17.2 Å². The molecule has 0 heterocycles. The van der Waals surface area contributed by atoms with Crippen molar-refractivity contribution in [3.05, 3.63) is 78.4 Å². The molecule has 6 nitrogen and oxygen atoms in total. The van der Waals surface area contributed by atoms with Crippen LogP contribution in [0.3, 0.4) is 0 Å². The van der Waals surface area contributed by atoms with Gasteiger partial charge in [-0.05, 0) is 37.4 Å². The average molecular weight is 437 g/mol. The van der Waals surface area contributed by atoms with E-state index in [0.29, 0.717) is 23.7 Å². The first-order valence-corrected chi connectivity index (χ1v) is 10.6. The van der Waals surface area contributed by atoms with Gasteiger partial charge in [0.25, 0.3) is 0 Å². The summed E-state index contributed by atoms with van der Waals surface area (Å²) in [6.45, 7) is 4.78. The molecule has 0 atom stereocenters. The summed E-state index contributed by atoms with van der Waals surface area (Å²) < 4.78 is 16.6. The molecular weight excluding hydrogens is 404 g/mol. The molecule has 0 unspecified atom stereocenters. The first-order chi connectivity index (χ1) is 15.6. The number of likely N-dealkylation sites (N-methyl/N-ethyl adjacent to an activating group) is 1. The van der Waals surface area contributed by atoms with Gasteiger partial charge in [-0.25, -0.2) is 0 Å². The third-order valence-electron chi connectivity index (χ3n) is 4.48. The van der Waals surface area contributed by atoms with E-state index in [0.717, 1.165) is 17.1 Å². The number of nitrogens with one attached hydrogen (secondary N) is 1. The Kier molecular flexibility index (Phi) is 10.1.